The summed E-state index contributed by atoms with van der Waals surface area (Å²) < 4.78 is 47.8. The van der Waals surface area contributed by atoms with E-state index in [1.165, 1.54) is 4.90 Å². The second-order valence-corrected chi connectivity index (χ2v) is 11.9. The van der Waals surface area contributed by atoms with Crippen molar-refractivity contribution >= 4 is 27.5 Å². The Morgan fingerprint density at radius 3 is 2.20 bits per heavy atom. The summed E-state index contributed by atoms with van der Waals surface area (Å²) in [6.07, 6.45) is 0.323. The van der Waals surface area contributed by atoms with Gasteiger partial charge in [0.05, 0.1) is 17.2 Å². The minimum absolute atomic E-state index is 0.109. The number of halogens is 1. The summed E-state index contributed by atoms with van der Waals surface area (Å²) in [6, 6.07) is 17.4. The Labute approximate surface area is 242 Å². The molecular weight excluding hydrogens is 545 g/mol. The third-order valence-electron chi connectivity index (χ3n) is 6.37. The Morgan fingerprint density at radius 1 is 0.976 bits per heavy atom. The first kappa shape index (κ1) is 31.6. The predicted octanol–water partition coefficient (Wildman–Crippen LogP) is 5.06. The molecule has 2 amide bonds. The molecule has 0 aliphatic carbocycles. The van der Waals surface area contributed by atoms with Crippen molar-refractivity contribution in [3.05, 3.63) is 89.7 Å². The van der Waals surface area contributed by atoms with Crippen LogP contribution >= 0.6 is 0 Å². The lowest BCUT2D eigenvalue weighted by Gasteiger charge is -2.33. The van der Waals surface area contributed by atoms with Gasteiger partial charge in [-0.1, -0.05) is 36.8 Å². The zero-order valence-corrected chi connectivity index (χ0v) is 24.9. The fraction of sp³-hybridized carbons (Fsp3) is 0.355. The van der Waals surface area contributed by atoms with Gasteiger partial charge < -0.3 is 15.0 Å². The number of hydrogen-bond donors (Lipinski definition) is 1. The summed E-state index contributed by atoms with van der Waals surface area (Å²) >= 11 is 0. The molecule has 0 saturated carbocycles. The maximum Gasteiger partial charge on any atom is 0.264 e. The summed E-state index contributed by atoms with van der Waals surface area (Å²) in [5, 5.41) is 2.88. The summed E-state index contributed by atoms with van der Waals surface area (Å²) in [5.74, 6) is -0.924. The van der Waals surface area contributed by atoms with Gasteiger partial charge in [0.15, 0.2) is 0 Å². The quantitative estimate of drug-likeness (QED) is 0.304. The van der Waals surface area contributed by atoms with Crippen LogP contribution in [0.25, 0.3) is 0 Å². The molecule has 0 aromatic heterocycles. The van der Waals surface area contributed by atoms with Crippen LogP contribution in [-0.4, -0.2) is 50.4 Å². The Bertz CT molecular complexity index is 1430. The van der Waals surface area contributed by atoms with Crippen molar-refractivity contribution in [1.29, 1.82) is 0 Å². The number of sulfonamides is 1. The predicted molar refractivity (Wildman–Crippen MR) is 158 cm³/mol. The molecule has 0 aliphatic heterocycles. The molecule has 10 heteroatoms. The minimum atomic E-state index is -4.30. The second-order valence-electron chi connectivity index (χ2n) is 9.99. The van der Waals surface area contributed by atoms with Crippen molar-refractivity contribution < 1.29 is 27.1 Å². The molecule has 1 N–H and O–H groups in total. The van der Waals surface area contributed by atoms with E-state index in [1.807, 2.05) is 52.0 Å². The molecule has 41 heavy (non-hydrogen) atoms. The van der Waals surface area contributed by atoms with Crippen LogP contribution < -0.4 is 14.4 Å². The number of carbonyl (C=O) groups excluding carboxylic acids is 2. The van der Waals surface area contributed by atoms with Gasteiger partial charge in [-0.15, -0.1) is 0 Å². The summed E-state index contributed by atoms with van der Waals surface area (Å²) in [5.41, 5.74) is 2.02. The third kappa shape index (κ3) is 8.29. The van der Waals surface area contributed by atoms with Crippen molar-refractivity contribution in [3.63, 3.8) is 0 Å². The molecule has 3 aromatic rings. The first-order valence-electron chi connectivity index (χ1n) is 13.6. The van der Waals surface area contributed by atoms with Crippen LogP contribution in [0.2, 0.25) is 0 Å². The lowest BCUT2D eigenvalue weighted by molar-refractivity contribution is -0.140. The van der Waals surface area contributed by atoms with Gasteiger partial charge in [-0.3, -0.25) is 13.9 Å². The maximum absolute atomic E-state index is 14.1. The Kier molecular flexibility index (Phi) is 10.9. The molecule has 8 nitrogen and oxygen atoms in total. The van der Waals surface area contributed by atoms with Crippen molar-refractivity contribution in [1.82, 2.24) is 10.2 Å². The van der Waals surface area contributed by atoms with Crippen LogP contribution in [-0.2, 0) is 26.2 Å². The molecular formula is C31H38FN3O5S. The molecule has 0 saturated heterocycles. The highest BCUT2D eigenvalue weighted by Crippen LogP contribution is 2.27. The molecule has 0 bridgehead atoms. The molecule has 0 spiro atoms. The number of nitrogens with one attached hydrogen (secondary N) is 1. The van der Waals surface area contributed by atoms with Crippen LogP contribution in [0.3, 0.4) is 0 Å². The number of amides is 2. The van der Waals surface area contributed by atoms with Gasteiger partial charge >= 0.3 is 0 Å². The second kappa shape index (κ2) is 14.1. The normalized spacial score (nSPS) is 12.1. The summed E-state index contributed by atoms with van der Waals surface area (Å²) in [4.78, 5) is 28.5. The highest BCUT2D eigenvalue weighted by Gasteiger charge is 2.34. The number of nitrogens with zero attached hydrogens (tertiary/aromatic N) is 2. The SMILES string of the molecule is CCOc1ccc(N(CC(=O)N(Cc2cccc(C)c2)[C@H](CC)C(=O)NC(C)C)S(=O)(=O)c2ccc(F)cc2)cc1. The van der Waals surface area contributed by atoms with Gasteiger partial charge in [-0.2, -0.15) is 0 Å². The Hall–Kier alpha value is -3.92. The molecule has 220 valence electrons. The van der Waals surface area contributed by atoms with Crippen LogP contribution in [0.1, 0.15) is 45.2 Å². The van der Waals surface area contributed by atoms with Crippen molar-refractivity contribution in [3.8, 4) is 5.75 Å². The lowest BCUT2D eigenvalue weighted by Crippen LogP contribution is -2.53. The largest absolute Gasteiger partial charge is 0.494 e. The average molecular weight is 584 g/mol. The Morgan fingerprint density at radius 2 is 1.63 bits per heavy atom. The molecule has 0 aliphatic rings. The molecule has 0 fully saturated rings. The van der Waals surface area contributed by atoms with Crippen LogP contribution in [0, 0.1) is 12.7 Å². The van der Waals surface area contributed by atoms with Gasteiger partial charge in [-0.25, -0.2) is 12.8 Å². The van der Waals surface area contributed by atoms with Gasteiger partial charge in [0.2, 0.25) is 11.8 Å². The number of anilines is 1. The Balaban J connectivity index is 2.07. The first-order valence-corrected chi connectivity index (χ1v) is 15.1. The summed E-state index contributed by atoms with van der Waals surface area (Å²) in [7, 11) is -4.30. The van der Waals surface area contributed by atoms with Crippen molar-refractivity contribution in [2.45, 2.75) is 64.6 Å². The molecule has 3 rings (SSSR count). The van der Waals surface area contributed by atoms with Crippen LogP contribution in [0.4, 0.5) is 10.1 Å². The highest BCUT2D eigenvalue weighted by molar-refractivity contribution is 7.92. The van der Waals surface area contributed by atoms with Crippen LogP contribution in [0.15, 0.2) is 77.7 Å². The van der Waals surface area contributed by atoms with E-state index in [0.717, 1.165) is 39.7 Å². The van der Waals surface area contributed by atoms with E-state index in [1.54, 1.807) is 31.2 Å². The van der Waals surface area contributed by atoms with E-state index >= 15 is 0 Å². The monoisotopic (exact) mass is 583 g/mol. The smallest absolute Gasteiger partial charge is 0.264 e. The zero-order chi connectivity index (χ0) is 30.2. The molecule has 3 aromatic carbocycles. The standard InChI is InChI=1S/C31H38FN3O5S/c1-6-29(31(37)33-22(3)4)34(20-24-10-8-9-23(5)19-24)30(36)21-35(26-13-15-27(16-14-26)40-7-2)41(38,39)28-17-11-25(32)12-18-28/h8-19,22,29H,6-7,20-21H2,1-5H3,(H,33,37)/t29-/m1/s1. The maximum atomic E-state index is 14.1. The van der Waals surface area contributed by atoms with Crippen LogP contribution in [0.5, 0.6) is 5.75 Å². The number of hydrogen-bond acceptors (Lipinski definition) is 5. The zero-order valence-electron chi connectivity index (χ0n) is 24.1. The van der Waals surface area contributed by atoms with Gasteiger partial charge in [0.1, 0.15) is 24.2 Å². The van der Waals surface area contributed by atoms with Gasteiger partial charge in [0.25, 0.3) is 10.0 Å². The number of aryl methyl sites for hydroxylation is 1. The number of rotatable bonds is 13. The highest BCUT2D eigenvalue weighted by atomic mass is 32.2. The topological polar surface area (TPSA) is 96.0 Å². The van der Waals surface area contributed by atoms with Crippen molar-refractivity contribution in [2.75, 3.05) is 17.5 Å². The number of ether oxygens (including phenoxy) is 1. The lowest BCUT2D eigenvalue weighted by atomic mass is 10.1. The average Bonchev–Trinajstić information content (AvgIpc) is 2.92. The number of carbonyl (C=O) groups is 2. The third-order valence-corrected chi connectivity index (χ3v) is 8.16. The van der Waals surface area contributed by atoms with E-state index < -0.39 is 34.3 Å². The minimum Gasteiger partial charge on any atom is -0.494 e. The number of benzene rings is 3. The van der Waals surface area contributed by atoms with Gasteiger partial charge in [-0.05, 0) is 88.2 Å². The fourth-order valence-corrected chi connectivity index (χ4v) is 5.86. The summed E-state index contributed by atoms with van der Waals surface area (Å²) in [6.45, 7) is 9.20. The molecule has 0 radical (unpaired) electrons. The van der Waals surface area contributed by atoms with E-state index in [2.05, 4.69) is 5.32 Å². The van der Waals surface area contributed by atoms with E-state index in [0.29, 0.717) is 18.8 Å². The molecule has 0 unspecified atom stereocenters. The fourth-order valence-electron chi connectivity index (χ4n) is 4.45. The first-order chi connectivity index (χ1) is 19.5. The van der Waals surface area contributed by atoms with E-state index in [4.69, 9.17) is 4.74 Å². The van der Waals surface area contributed by atoms with Crippen molar-refractivity contribution in [2.24, 2.45) is 0 Å². The van der Waals surface area contributed by atoms with Gasteiger partial charge in [0, 0.05) is 12.6 Å². The van der Waals surface area contributed by atoms with E-state index in [9.17, 15) is 22.4 Å². The van der Waals surface area contributed by atoms with E-state index in [-0.39, 0.29) is 29.1 Å². The molecule has 1 atom stereocenters. The molecule has 0 heterocycles.